The summed E-state index contributed by atoms with van der Waals surface area (Å²) >= 11 is 5.81. The molecule has 1 aliphatic rings. The molecule has 3 heterocycles. The van der Waals surface area contributed by atoms with Gasteiger partial charge in [-0.15, -0.1) is 0 Å². The zero-order chi connectivity index (χ0) is 30.0. The minimum atomic E-state index is -0.897. The molecule has 2 aromatic heterocycles. The van der Waals surface area contributed by atoms with Gasteiger partial charge < -0.3 is 9.47 Å². The van der Waals surface area contributed by atoms with Crippen LogP contribution in [0.5, 0.6) is 5.75 Å². The molecule has 0 radical (unpaired) electrons. The number of nitro benzene ring substituents is 1. The van der Waals surface area contributed by atoms with Crippen molar-refractivity contribution in [2.75, 3.05) is 13.7 Å². The van der Waals surface area contributed by atoms with Gasteiger partial charge >= 0.3 is 5.97 Å². The highest BCUT2D eigenvalue weighted by molar-refractivity contribution is 9.10. The Balaban J connectivity index is 1.75. The molecule has 4 aromatic rings. The smallest absolute Gasteiger partial charge is 0.338 e. The zero-order valence-corrected chi connectivity index (χ0v) is 25.7. The summed E-state index contributed by atoms with van der Waals surface area (Å²) < 4.78 is 13.4. The Morgan fingerprint density at radius 1 is 1.24 bits per heavy atom. The lowest BCUT2D eigenvalue weighted by Gasteiger charge is -2.26. The number of thiazole rings is 1. The number of methoxy groups -OCH3 is 1. The number of hydrogen-bond donors (Lipinski definition) is 0. The Morgan fingerprint density at radius 2 is 2.00 bits per heavy atom. The number of hydrogen-bond acceptors (Lipinski definition) is 11. The molecule has 0 aliphatic carbocycles. The van der Waals surface area contributed by atoms with Gasteiger partial charge in [0.25, 0.3) is 11.2 Å². The summed E-state index contributed by atoms with van der Waals surface area (Å²) in [6.07, 6.45) is 4.77. The minimum Gasteiger partial charge on any atom is -0.496 e. The molecular weight excluding hydrogens is 646 g/mol. The number of aromatic nitrogens is 3. The number of fused-ring (bicyclic) bond motifs is 1. The first-order valence-electron chi connectivity index (χ1n) is 12.5. The van der Waals surface area contributed by atoms with E-state index in [1.54, 1.807) is 62.6 Å². The Kier molecular flexibility index (Phi) is 8.66. The number of allylic oxidation sites excluding steroid dienone is 1. The van der Waals surface area contributed by atoms with E-state index in [2.05, 4.69) is 30.9 Å². The first kappa shape index (κ1) is 29.4. The van der Waals surface area contributed by atoms with Crippen molar-refractivity contribution in [3.05, 3.63) is 112 Å². The van der Waals surface area contributed by atoms with Crippen LogP contribution < -0.4 is 19.6 Å². The molecule has 0 fully saturated rings. The third-order valence-corrected chi connectivity index (χ3v) is 8.70. The number of halogens is 1. The molecule has 0 N–H and O–H groups in total. The Labute approximate surface area is 255 Å². The van der Waals surface area contributed by atoms with Gasteiger partial charge in [0.05, 0.1) is 34.4 Å². The lowest BCUT2D eigenvalue weighted by atomic mass is 9.95. The molecule has 42 heavy (non-hydrogen) atoms. The average Bonchev–Trinajstić information content (AvgIpc) is 3.27. The van der Waals surface area contributed by atoms with Crippen molar-refractivity contribution in [1.82, 2.24) is 14.5 Å². The normalized spacial score (nSPS) is 14.8. The number of rotatable bonds is 8. The standard InChI is InChI=1S/C28H22BrN5O6S2/c1-4-40-26(36)23-15(2)32-28-33(24(23)19-14-17(29)6-8-20(19)39-3)25(35)22(42-28)13-16-12-18(34(37)38)7-9-21(16)41-27-30-10-5-11-31-27/h5-14,24H,4H2,1-3H3/b22-13-/t24-/m1/s1. The summed E-state index contributed by atoms with van der Waals surface area (Å²) in [5, 5.41) is 12.0. The lowest BCUT2D eigenvalue weighted by molar-refractivity contribution is -0.384. The molecular formula is C28H22BrN5O6S2. The van der Waals surface area contributed by atoms with Crippen LogP contribution in [-0.4, -0.2) is 39.1 Å². The average molecular weight is 669 g/mol. The molecule has 5 rings (SSSR count). The van der Waals surface area contributed by atoms with Gasteiger partial charge in [0.2, 0.25) is 0 Å². The number of non-ortho nitro benzene ring substituents is 1. The highest BCUT2D eigenvalue weighted by Crippen LogP contribution is 2.37. The second kappa shape index (κ2) is 12.4. The van der Waals surface area contributed by atoms with Crippen molar-refractivity contribution in [1.29, 1.82) is 0 Å². The van der Waals surface area contributed by atoms with Crippen LogP contribution in [0.4, 0.5) is 5.69 Å². The predicted molar refractivity (Wildman–Crippen MR) is 160 cm³/mol. The molecule has 1 aliphatic heterocycles. The number of nitrogens with zero attached hydrogens (tertiary/aromatic N) is 5. The van der Waals surface area contributed by atoms with E-state index in [9.17, 15) is 19.7 Å². The van der Waals surface area contributed by atoms with Crippen LogP contribution >= 0.6 is 39.0 Å². The summed E-state index contributed by atoms with van der Waals surface area (Å²) in [5.41, 5.74) is 1.04. The van der Waals surface area contributed by atoms with Crippen molar-refractivity contribution in [3.8, 4) is 5.75 Å². The molecule has 0 saturated carbocycles. The van der Waals surface area contributed by atoms with Crippen LogP contribution in [0.15, 0.2) is 90.4 Å². The van der Waals surface area contributed by atoms with Crippen LogP contribution in [0.2, 0.25) is 0 Å². The third kappa shape index (κ3) is 5.78. The van der Waals surface area contributed by atoms with E-state index in [0.717, 1.165) is 15.8 Å². The van der Waals surface area contributed by atoms with E-state index >= 15 is 0 Å². The maximum atomic E-state index is 14.1. The third-order valence-electron chi connectivity index (χ3n) is 6.24. The largest absolute Gasteiger partial charge is 0.496 e. The van der Waals surface area contributed by atoms with E-state index in [0.29, 0.717) is 37.4 Å². The van der Waals surface area contributed by atoms with Gasteiger partial charge in [0, 0.05) is 39.5 Å². The summed E-state index contributed by atoms with van der Waals surface area (Å²) in [6, 6.07) is 10.5. The number of nitro groups is 1. The summed E-state index contributed by atoms with van der Waals surface area (Å²) in [5.74, 6) is -0.130. The lowest BCUT2D eigenvalue weighted by Crippen LogP contribution is -2.40. The first-order valence-corrected chi connectivity index (χ1v) is 14.9. The van der Waals surface area contributed by atoms with E-state index in [4.69, 9.17) is 9.47 Å². The van der Waals surface area contributed by atoms with Crippen LogP contribution in [0.3, 0.4) is 0 Å². The van der Waals surface area contributed by atoms with Crippen LogP contribution in [0.1, 0.15) is 31.0 Å². The van der Waals surface area contributed by atoms with Gasteiger partial charge in [-0.25, -0.2) is 19.8 Å². The maximum absolute atomic E-state index is 14.1. The fourth-order valence-electron chi connectivity index (χ4n) is 4.44. The van der Waals surface area contributed by atoms with Gasteiger partial charge in [0.15, 0.2) is 9.96 Å². The Hall–Kier alpha value is -4.14. The highest BCUT2D eigenvalue weighted by atomic mass is 79.9. The second-order valence-electron chi connectivity index (χ2n) is 8.80. The molecule has 0 amide bonds. The molecule has 1 atom stereocenters. The van der Waals surface area contributed by atoms with Gasteiger partial charge in [-0.05, 0) is 67.6 Å². The van der Waals surface area contributed by atoms with Crippen molar-refractivity contribution < 1.29 is 19.2 Å². The zero-order valence-electron chi connectivity index (χ0n) is 22.4. The SMILES string of the molecule is CCOC(=O)C1=C(C)N=c2s/c(=C\c3cc([N+](=O)[O-])ccc3Sc3ncccn3)c(=O)n2[C@@H]1c1cc(Br)ccc1OC. The van der Waals surface area contributed by atoms with Crippen LogP contribution in [-0.2, 0) is 9.53 Å². The van der Waals surface area contributed by atoms with E-state index < -0.39 is 22.5 Å². The number of carbonyl (C=O) groups excluding carboxylic acids is 1. The Morgan fingerprint density at radius 3 is 2.69 bits per heavy atom. The second-order valence-corrected chi connectivity index (χ2v) is 11.7. The quantitative estimate of drug-likeness (QED) is 0.116. The fourth-order valence-corrected chi connectivity index (χ4v) is 6.65. The number of benzene rings is 2. The first-order chi connectivity index (χ1) is 20.2. The van der Waals surface area contributed by atoms with E-state index in [-0.39, 0.29) is 22.4 Å². The predicted octanol–water partition coefficient (Wildman–Crippen LogP) is 4.42. The molecule has 11 nitrogen and oxygen atoms in total. The van der Waals surface area contributed by atoms with Gasteiger partial charge in [0.1, 0.15) is 11.8 Å². The molecule has 0 unspecified atom stereocenters. The van der Waals surface area contributed by atoms with E-state index in [1.807, 2.05) is 0 Å². The summed E-state index contributed by atoms with van der Waals surface area (Å²) in [6.45, 7) is 3.53. The van der Waals surface area contributed by atoms with Crippen molar-refractivity contribution in [2.45, 2.75) is 29.9 Å². The number of carbonyl (C=O) groups is 1. The topological polar surface area (TPSA) is 139 Å². The summed E-state index contributed by atoms with van der Waals surface area (Å²) in [4.78, 5) is 52.4. The van der Waals surface area contributed by atoms with Crippen LogP contribution in [0, 0.1) is 10.1 Å². The maximum Gasteiger partial charge on any atom is 0.338 e. The monoisotopic (exact) mass is 667 g/mol. The van der Waals surface area contributed by atoms with Crippen LogP contribution in [0.25, 0.3) is 6.08 Å². The molecule has 214 valence electrons. The molecule has 0 saturated heterocycles. The van der Waals surface area contributed by atoms with Gasteiger partial charge in [-0.3, -0.25) is 19.5 Å². The Bertz CT molecular complexity index is 1920. The molecule has 2 aromatic carbocycles. The van der Waals surface area contributed by atoms with Crippen molar-refractivity contribution in [2.24, 2.45) is 4.99 Å². The molecule has 14 heteroatoms. The van der Waals surface area contributed by atoms with Gasteiger partial charge in [-0.2, -0.15) is 0 Å². The van der Waals surface area contributed by atoms with Crippen molar-refractivity contribution in [3.63, 3.8) is 0 Å². The van der Waals surface area contributed by atoms with Gasteiger partial charge in [-0.1, -0.05) is 27.3 Å². The molecule has 0 spiro atoms. The highest BCUT2D eigenvalue weighted by Gasteiger charge is 2.35. The number of esters is 1. The number of ether oxygens (including phenoxy) is 2. The summed E-state index contributed by atoms with van der Waals surface area (Å²) in [7, 11) is 1.51. The van der Waals surface area contributed by atoms with Crippen molar-refractivity contribution >= 4 is 56.8 Å². The minimum absolute atomic E-state index is 0.135. The van der Waals surface area contributed by atoms with E-state index in [1.165, 1.54) is 35.6 Å². The molecule has 0 bridgehead atoms. The fraction of sp³-hybridized carbons (Fsp3) is 0.179.